The van der Waals surface area contributed by atoms with Gasteiger partial charge in [0.2, 0.25) is 0 Å². The summed E-state index contributed by atoms with van der Waals surface area (Å²) in [5.74, 6) is 0. The second-order valence-electron chi connectivity index (χ2n) is 3.92. The fourth-order valence-electron chi connectivity index (χ4n) is 2.05. The molecule has 0 spiro atoms. The first-order valence-corrected chi connectivity index (χ1v) is 5.08. The zero-order valence-electron chi connectivity index (χ0n) is 8.93. The Morgan fingerprint density at radius 1 is 1.06 bits per heavy atom. The fraction of sp³-hybridized carbons (Fsp3) is 0.143. The molecule has 2 heteroatoms. The Labute approximate surface area is 94.9 Å². The average Bonchev–Trinajstić information content (AvgIpc) is 2.34. The Bertz CT molecular complexity index is 475. The van der Waals surface area contributed by atoms with Gasteiger partial charge in [-0.1, -0.05) is 55.7 Å². The minimum absolute atomic E-state index is 0.634. The zero-order valence-corrected chi connectivity index (χ0v) is 8.93. The molecule has 0 amide bonds. The van der Waals surface area contributed by atoms with Crippen LogP contribution in [0.2, 0.25) is 0 Å². The van der Waals surface area contributed by atoms with Crippen LogP contribution in [0.5, 0.6) is 0 Å². The second-order valence-corrected chi connectivity index (χ2v) is 3.92. The highest BCUT2D eigenvalue weighted by Crippen LogP contribution is 2.41. The number of benzene rings is 1. The standard InChI is InChI=1S/C14H14O2/c1-3-13(15)10-9-11-7-5-6-8-12(11)14(13,16)4-2/h3-10,15-16H,1-2H2/t13-,14-/m1/s1. The predicted octanol–water partition coefficient (Wildman–Crippen LogP) is 2.00. The molecule has 0 fully saturated rings. The first kappa shape index (κ1) is 10.9. The molecule has 0 saturated heterocycles. The van der Waals surface area contributed by atoms with Gasteiger partial charge in [-0.3, -0.25) is 0 Å². The van der Waals surface area contributed by atoms with Crippen molar-refractivity contribution >= 4 is 6.08 Å². The molecule has 0 heterocycles. The van der Waals surface area contributed by atoms with Crippen molar-refractivity contribution < 1.29 is 10.2 Å². The normalized spacial score (nSPS) is 31.9. The lowest BCUT2D eigenvalue weighted by Crippen LogP contribution is -2.49. The SMILES string of the molecule is C=C[C@@]1(O)C=Cc2ccccc2[C@]1(O)C=C. The van der Waals surface area contributed by atoms with Crippen molar-refractivity contribution in [1.29, 1.82) is 0 Å². The molecule has 0 unspecified atom stereocenters. The van der Waals surface area contributed by atoms with Crippen LogP contribution in [0.1, 0.15) is 11.1 Å². The van der Waals surface area contributed by atoms with Gasteiger partial charge in [-0.05, 0) is 17.2 Å². The summed E-state index contributed by atoms with van der Waals surface area (Å²) in [4.78, 5) is 0. The molecule has 2 nitrogen and oxygen atoms in total. The van der Waals surface area contributed by atoms with Gasteiger partial charge in [0.1, 0.15) is 11.2 Å². The Balaban J connectivity index is 2.73. The van der Waals surface area contributed by atoms with Crippen LogP contribution in [0.15, 0.2) is 55.7 Å². The number of hydrogen-bond donors (Lipinski definition) is 2. The molecule has 0 aliphatic heterocycles. The predicted molar refractivity (Wildman–Crippen MR) is 64.7 cm³/mol. The van der Waals surface area contributed by atoms with Crippen LogP contribution in [0.4, 0.5) is 0 Å². The molecule has 1 aromatic rings. The summed E-state index contributed by atoms with van der Waals surface area (Å²) in [6.45, 7) is 7.17. The van der Waals surface area contributed by atoms with Crippen LogP contribution >= 0.6 is 0 Å². The van der Waals surface area contributed by atoms with Crippen molar-refractivity contribution in [3.63, 3.8) is 0 Å². The number of rotatable bonds is 2. The van der Waals surface area contributed by atoms with Crippen LogP contribution in [0.3, 0.4) is 0 Å². The molecule has 0 radical (unpaired) electrons. The van der Waals surface area contributed by atoms with Crippen molar-refractivity contribution in [3.05, 3.63) is 66.8 Å². The second kappa shape index (κ2) is 3.44. The highest BCUT2D eigenvalue weighted by molar-refractivity contribution is 5.64. The van der Waals surface area contributed by atoms with E-state index in [-0.39, 0.29) is 0 Å². The Kier molecular flexibility index (Phi) is 2.34. The third-order valence-electron chi connectivity index (χ3n) is 3.11. The van der Waals surface area contributed by atoms with E-state index in [2.05, 4.69) is 13.2 Å². The van der Waals surface area contributed by atoms with E-state index in [9.17, 15) is 10.2 Å². The molecule has 2 atom stereocenters. The molecule has 0 bridgehead atoms. The van der Waals surface area contributed by atoms with Crippen molar-refractivity contribution in [3.8, 4) is 0 Å². The van der Waals surface area contributed by atoms with Crippen LogP contribution in [0, 0.1) is 0 Å². The third-order valence-corrected chi connectivity index (χ3v) is 3.11. The smallest absolute Gasteiger partial charge is 0.144 e. The van der Waals surface area contributed by atoms with Crippen LogP contribution in [-0.4, -0.2) is 15.8 Å². The molecule has 1 aliphatic rings. The van der Waals surface area contributed by atoms with E-state index in [0.29, 0.717) is 5.56 Å². The van der Waals surface area contributed by atoms with Gasteiger partial charge in [0.25, 0.3) is 0 Å². The van der Waals surface area contributed by atoms with E-state index < -0.39 is 11.2 Å². The van der Waals surface area contributed by atoms with Gasteiger partial charge in [0, 0.05) is 0 Å². The van der Waals surface area contributed by atoms with Crippen molar-refractivity contribution in [2.45, 2.75) is 11.2 Å². The average molecular weight is 214 g/mol. The summed E-state index contributed by atoms with van der Waals surface area (Å²) in [7, 11) is 0. The largest absolute Gasteiger partial charge is 0.378 e. The summed E-state index contributed by atoms with van der Waals surface area (Å²) in [6.07, 6.45) is 5.97. The number of fused-ring (bicyclic) bond motifs is 1. The van der Waals surface area contributed by atoms with Crippen molar-refractivity contribution in [2.24, 2.45) is 0 Å². The highest BCUT2D eigenvalue weighted by Gasteiger charge is 2.47. The minimum atomic E-state index is -1.53. The van der Waals surface area contributed by atoms with E-state index in [1.807, 2.05) is 18.2 Å². The van der Waals surface area contributed by atoms with Gasteiger partial charge in [0.15, 0.2) is 0 Å². The zero-order chi connectivity index (χ0) is 11.8. The number of aliphatic hydroxyl groups is 2. The van der Waals surface area contributed by atoms with E-state index in [4.69, 9.17) is 0 Å². The topological polar surface area (TPSA) is 40.5 Å². The van der Waals surface area contributed by atoms with Crippen LogP contribution in [-0.2, 0) is 5.60 Å². The number of hydrogen-bond acceptors (Lipinski definition) is 2. The molecular formula is C14H14O2. The molecular weight excluding hydrogens is 200 g/mol. The molecule has 0 saturated carbocycles. The van der Waals surface area contributed by atoms with Gasteiger partial charge >= 0.3 is 0 Å². The first-order chi connectivity index (χ1) is 7.57. The van der Waals surface area contributed by atoms with Gasteiger partial charge in [-0.15, -0.1) is 0 Å². The third kappa shape index (κ3) is 1.21. The van der Waals surface area contributed by atoms with Crippen LogP contribution in [0.25, 0.3) is 6.08 Å². The quantitative estimate of drug-likeness (QED) is 0.739. The lowest BCUT2D eigenvalue weighted by molar-refractivity contribution is -0.0678. The molecule has 0 aromatic heterocycles. The Hall–Kier alpha value is -1.64. The molecule has 2 rings (SSSR count). The maximum atomic E-state index is 10.6. The fourth-order valence-corrected chi connectivity index (χ4v) is 2.05. The van der Waals surface area contributed by atoms with E-state index in [1.54, 1.807) is 12.1 Å². The van der Waals surface area contributed by atoms with Gasteiger partial charge < -0.3 is 10.2 Å². The summed E-state index contributed by atoms with van der Waals surface area (Å²) >= 11 is 0. The minimum Gasteiger partial charge on any atom is -0.378 e. The molecule has 16 heavy (non-hydrogen) atoms. The summed E-state index contributed by atoms with van der Waals surface area (Å²) < 4.78 is 0. The van der Waals surface area contributed by atoms with E-state index >= 15 is 0 Å². The van der Waals surface area contributed by atoms with Crippen LogP contribution < -0.4 is 0 Å². The van der Waals surface area contributed by atoms with E-state index in [1.165, 1.54) is 18.2 Å². The Morgan fingerprint density at radius 3 is 2.38 bits per heavy atom. The lowest BCUT2D eigenvalue weighted by atomic mass is 9.72. The maximum absolute atomic E-state index is 10.6. The summed E-state index contributed by atoms with van der Waals surface area (Å²) in [5, 5.41) is 20.9. The highest BCUT2D eigenvalue weighted by atomic mass is 16.4. The lowest BCUT2D eigenvalue weighted by Gasteiger charge is -2.41. The Morgan fingerprint density at radius 2 is 1.75 bits per heavy atom. The van der Waals surface area contributed by atoms with Gasteiger partial charge in [0.05, 0.1) is 0 Å². The first-order valence-electron chi connectivity index (χ1n) is 5.08. The van der Waals surface area contributed by atoms with Crippen molar-refractivity contribution in [2.75, 3.05) is 0 Å². The van der Waals surface area contributed by atoms with Gasteiger partial charge in [-0.2, -0.15) is 0 Å². The summed E-state index contributed by atoms with van der Waals surface area (Å²) in [6, 6.07) is 7.35. The monoisotopic (exact) mass is 214 g/mol. The molecule has 2 N–H and O–H groups in total. The molecule has 82 valence electrons. The van der Waals surface area contributed by atoms with Gasteiger partial charge in [-0.25, -0.2) is 0 Å². The van der Waals surface area contributed by atoms with Crippen molar-refractivity contribution in [1.82, 2.24) is 0 Å². The molecule has 1 aromatic carbocycles. The van der Waals surface area contributed by atoms with E-state index in [0.717, 1.165) is 5.56 Å². The maximum Gasteiger partial charge on any atom is 0.144 e. The summed E-state index contributed by atoms with van der Waals surface area (Å²) in [5.41, 5.74) is -1.53. The molecule has 1 aliphatic carbocycles.